The van der Waals surface area contributed by atoms with Gasteiger partial charge in [0.05, 0.1) is 6.61 Å². The maximum atomic E-state index is 12.5. The Morgan fingerprint density at radius 1 is 1.28 bits per heavy atom. The van der Waals surface area contributed by atoms with E-state index in [2.05, 4.69) is 5.32 Å². The zero-order valence-corrected chi connectivity index (χ0v) is 14.9. The van der Waals surface area contributed by atoms with Crippen molar-refractivity contribution in [3.63, 3.8) is 0 Å². The molecule has 0 atom stereocenters. The van der Waals surface area contributed by atoms with Crippen LogP contribution < -0.4 is 10.1 Å². The van der Waals surface area contributed by atoms with Gasteiger partial charge in [0.25, 0.3) is 5.91 Å². The van der Waals surface area contributed by atoms with Gasteiger partial charge in [-0.25, -0.2) is 0 Å². The van der Waals surface area contributed by atoms with Crippen LogP contribution in [0.2, 0.25) is 5.02 Å². The molecule has 1 N–H and O–H groups in total. The van der Waals surface area contributed by atoms with Gasteiger partial charge < -0.3 is 10.1 Å². The van der Waals surface area contributed by atoms with Crippen LogP contribution in [0, 0.1) is 18.3 Å². The molecule has 0 heterocycles. The molecular formula is C20H19ClN2O2. The van der Waals surface area contributed by atoms with E-state index in [1.54, 1.807) is 24.3 Å². The molecule has 0 aliphatic carbocycles. The largest absolute Gasteiger partial charge is 0.493 e. The molecule has 5 heteroatoms. The van der Waals surface area contributed by atoms with Gasteiger partial charge in [0, 0.05) is 16.3 Å². The molecule has 1 amide bonds. The normalized spacial score (nSPS) is 10.9. The van der Waals surface area contributed by atoms with Crippen LogP contribution in [0.25, 0.3) is 6.08 Å². The lowest BCUT2D eigenvalue weighted by Gasteiger charge is -2.10. The highest BCUT2D eigenvalue weighted by Gasteiger charge is 2.13. The molecule has 0 radical (unpaired) electrons. The first-order valence-corrected chi connectivity index (χ1v) is 8.34. The zero-order chi connectivity index (χ0) is 18.2. The number of amides is 1. The van der Waals surface area contributed by atoms with Gasteiger partial charge in [0.15, 0.2) is 0 Å². The van der Waals surface area contributed by atoms with Crippen molar-refractivity contribution < 1.29 is 9.53 Å². The summed E-state index contributed by atoms with van der Waals surface area (Å²) >= 11 is 6.06. The lowest BCUT2D eigenvalue weighted by Crippen LogP contribution is -2.14. The highest BCUT2D eigenvalue weighted by molar-refractivity contribution is 6.31. The zero-order valence-electron chi connectivity index (χ0n) is 14.2. The Morgan fingerprint density at radius 2 is 2.04 bits per heavy atom. The molecule has 2 rings (SSSR count). The monoisotopic (exact) mass is 354 g/mol. The Kier molecular flexibility index (Phi) is 6.62. The molecule has 2 aromatic rings. The van der Waals surface area contributed by atoms with E-state index in [4.69, 9.17) is 16.3 Å². The summed E-state index contributed by atoms with van der Waals surface area (Å²) in [6, 6.07) is 14.5. The van der Waals surface area contributed by atoms with Gasteiger partial charge in [-0.15, -0.1) is 0 Å². The van der Waals surface area contributed by atoms with Gasteiger partial charge in [-0.3, -0.25) is 4.79 Å². The van der Waals surface area contributed by atoms with Gasteiger partial charge in [0.1, 0.15) is 17.4 Å². The number of benzene rings is 2. The minimum absolute atomic E-state index is 0.00748. The fraction of sp³-hybridized carbons (Fsp3) is 0.200. The van der Waals surface area contributed by atoms with E-state index < -0.39 is 5.91 Å². The number of para-hydroxylation sites is 1. The minimum atomic E-state index is -0.488. The van der Waals surface area contributed by atoms with Crippen molar-refractivity contribution in [1.29, 1.82) is 5.26 Å². The SMILES string of the molecule is CCCOc1ccccc1/C=C(\C#N)C(=O)Nc1cccc(Cl)c1C. The van der Waals surface area contributed by atoms with Crippen molar-refractivity contribution in [2.75, 3.05) is 11.9 Å². The number of rotatable bonds is 6. The van der Waals surface area contributed by atoms with Crippen molar-refractivity contribution in [2.24, 2.45) is 0 Å². The number of nitrogens with one attached hydrogen (secondary N) is 1. The second-order valence-corrected chi connectivity index (χ2v) is 5.83. The van der Waals surface area contributed by atoms with Crippen molar-refractivity contribution in [3.05, 3.63) is 64.2 Å². The first-order valence-electron chi connectivity index (χ1n) is 7.97. The maximum Gasteiger partial charge on any atom is 0.266 e. The lowest BCUT2D eigenvalue weighted by atomic mass is 10.1. The third-order valence-electron chi connectivity index (χ3n) is 3.56. The van der Waals surface area contributed by atoms with E-state index in [9.17, 15) is 10.1 Å². The van der Waals surface area contributed by atoms with Crippen LogP contribution in [0.5, 0.6) is 5.75 Å². The predicted octanol–water partition coefficient (Wildman–Crippen LogP) is 4.98. The van der Waals surface area contributed by atoms with Crippen molar-refractivity contribution >= 4 is 29.3 Å². The van der Waals surface area contributed by atoms with E-state index in [0.717, 1.165) is 12.0 Å². The van der Waals surface area contributed by atoms with Crippen LogP contribution >= 0.6 is 11.6 Å². The molecule has 0 fully saturated rings. The average molecular weight is 355 g/mol. The van der Waals surface area contributed by atoms with Gasteiger partial charge in [-0.05, 0) is 43.2 Å². The molecule has 0 aliphatic heterocycles. The molecule has 0 spiro atoms. The molecular weight excluding hydrogens is 336 g/mol. The predicted molar refractivity (Wildman–Crippen MR) is 101 cm³/mol. The number of ether oxygens (including phenoxy) is 1. The highest BCUT2D eigenvalue weighted by atomic mass is 35.5. The Morgan fingerprint density at radius 3 is 2.76 bits per heavy atom. The van der Waals surface area contributed by atoms with Gasteiger partial charge in [-0.2, -0.15) is 5.26 Å². The Hall–Kier alpha value is -2.77. The fourth-order valence-corrected chi connectivity index (χ4v) is 2.35. The van der Waals surface area contributed by atoms with Crippen molar-refractivity contribution in [3.8, 4) is 11.8 Å². The lowest BCUT2D eigenvalue weighted by molar-refractivity contribution is -0.112. The molecule has 25 heavy (non-hydrogen) atoms. The maximum absolute atomic E-state index is 12.5. The second-order valence-electron chi connectivity index (χ2n) is 5.42. The van der Waals surface area contributed by atoms with Gasteiger partial charge in [0.2, 0.25) is 0 Å². The fourth-order valence-electron chi connectivity index (χ4n) is 2.18. The highest BCUT2D eigenvalue weighted by Crippen LogP contribution is 2.25. The summed E-state index contributed by atoms with van der Waals surface area (Å²) in [5.74, 6) is 0.155. The van der Waals surface area contributed by atoms with Gasteiger partial charge >= 0.3 is 0 Å². The average Bonchev–Trinajstić information content (AvgIpc) is 2.62. The molecule has 0 saturated carbocycles. The minimum Gasteiger partial charge on any atom is -0.493 e. The molecule has 0 aromatic heterocycles. The van der Waals surface area contributed by atoms with Crippen LogP contribution in [0.3, 0.4) is 0 Å². The molecule has 128 valence electrons. The number of halogens is 1. The molecule has 0 unspecified atom stereocenters. The van der Waals surface area contributed by atoms with E-state index in [0.29, 0.717) is 28.6 Å². The summed E-state index contributed by atoms with van der Waals surface area (Å²) in [6.45, 7) is 4.39. The summed E-state index contributed by atoms with van der Waals surface area (Å²) in [5, 5.41) is 12.7. The van der Waals surface area contributed by atoms with Crippen molar-refractivity contribution in [2.45, 2.75) is 20.3 Å². The number of nitriles is 1. The summed E-state index contributed by atoms with van der Waals surface area (Å²) in [4.78, 5) is 12.5. The number of carbonyl (C=O) groups excluding carboxylic acids is 1. The standard InChI is InChI=1S/C20H19ClN2O2/c1-3-11-25-19-10-5-4-7-15(19)12-16(13-22)20(24)23-18-9-6-8-17(21)14(18)2/h4-10,12H,3,11H2,1-2H3,(H,23,24)/b16-12+. The van der Waals surface area contributed by atoms with Crippen LogP contribution in [-0.4, -0.2) is 12.5 Å². The Labute approximate surface area is 152 Å². The molecule has 0 saturated heterocycles. The number of nitrogens with zero attached hydrogens (tertiary/aromatic N) is 1. The summed E-state index contributed by atoms with van der Waals surface area (Å²) in [7, 11) is 0. The summed E-state index contributed by atoms with van der Waals surface area (Å²) < 4.78 is 5.66. The van der Waals surface area contributed by atoms with E-state index >= 15 is 0 Å². The molecule has 0 aliphatic rings. The van der Waals surface area contributed by atoms with E-state index in [1.165, 1.54) is 6.08 Å². The Bertz CT molecular complexity index is 838. The second kappa shape index (κ2) is 8.91. The molecule has 4 nitrogen and oxygen atoms in total. The van der Waals surface area contributed by atoms with Crippen molar-refractivity contribution in [1.82, 2.24) is 0 Å². The summed E-state index contributed by atoms with van der Waals surface area (Å²) in [6.07, 6.45) is 2.40. The van der Waals surface area contributed by atoms with Crippen LogP contribution in [0.4, 0.5) is 5.69 Å². The summed E-state index contributed by atoms with van der Waals surface area (Å²) in [5.41, 5.74) is 2.01. The first kappa shape index (κ1) is 18.6. The number of anilines is 1. The Balaban J connectivity index is 2.27. The third kappa shape index (κ3) is 4.85. The van der Waals surface area contributed by atoms with Crippen LogP contribution in [0.1, 0.15) is 24.5 Å². The van der Waals surface area contributed by atoms with E-state index in [1.807, 2.05) is 38.1 Å². The van der Waals surface area contributed by atoms with Gasteiger partial charge in [-0.1, -0.05) is 42.8 Å². The number of hydrogen-bond acceptors (Lipinski definition) is 3. The van der Waals surface area contributed by atoms with Crippen LogP contribution in [0.15, 0.2) is 48.0 Å². The number of hydrogen-bond donors (Lipinski definition) is 1. The quantitative estimate of drug-likeness (QED) is 0.587. The van der Waals surface area contributed by atoms with E-state index in [-0.39, 0.29) is 5.57 Å². The molecule has 0 bridgehead atoms. The van der Waals surface area contributed by atoms with Crippen LogP contribution in [-0.2, 0) is 4.79 Å². The smallest absolute Gasteiger partial charge is 0.266 e. The number of carbonyl (C=O) groups is 1. The topological polar surface area (TPSA) is 62.1 Å². The molecule has 2 aromatic carbocycles. The first-order chi connectivity index (χ1) is 12.1. The third-order valence-corrected chi connectivity index (χ3v) is 3.97.